The molecule has 0 saturated carbocycles. The summed E-state index contributed by atoms with van der Waals surface area (Å²) in [7, 11) is -4.61. The Hall–Kier alpha value is -3.74. The fraction of sp³-hybridized carbons (Fsp3) is 0.300. The SMILES string of the molecule is CNC(=O)c1c(-c2ccc(F)cc2)oc2cc(N(C)S(C)(=O)=O)c([C@@H]3CCCN(S(=O)(=O)c4ccc(C)cc4)C3)cc12. The summed E-state index contributed by atoms with van der Waals surface area (Å²) in [6.45, 7) is 2.34. The summed E-state index contributed by atoms with van der Waals surface area (Å²) in [6, 6.07) is 15.5. The molecular weight excluding hydrogens is 581 g/mol. The van der Waals surface area contributed by atoms with Crippen molar-refractivity contribution in [2.75, 3.05) is 37.7 Å². The molecule has 1 amide bonds. The van der Waals surface area contributed by atoms with Gasteiger partial charge in [0.05, 0.1) is 22.4 Å². The Morgan fingerprint density at radius 3 is 2.33 bits per heavy atom. The summed E-state index contributed by atoms with van der Waals surface area (Å²) in [5.74, 6) is -1.04. The first kappa shape index (κ1) is 29.7. The third-order valence-corrected chi connectivity index (χ3v) is 10.8. The molecule has 0 spiro atoms. The highest BCUT2D eigenvalue weighted by Gasteiger charge is 2.34. The van der Waals surface area contributed by atoms with Gasteiger partial charge in [-0.25, -0.2) is 21.2 Å². The number of aryl methyl sites for hydroxylation is 1. The number of carbonyl (C=O) groups is 1. The van der Waals surface area contributed by atoms with Crippen LogP contribution in [0.4, 0.5) is 10.1 Å². The zero-order chi connectivity index (χ0) is 30.4. The molecule has 0 radical (unpaired) electrons. The number of benzene rings is 3. The Morgan fingerprint density at radius 1 is 1.05 bits per heavy atom. The summed E-state index contributed by atoms with van der Waals surface area (Å²) < 4.78 is 74.9. The molecule has 42 heavy (non-hydrogen) atoms. The number of rotatable bonds is 7. The Bertz CT molecular complexity index is 1870. The van der Waals surface area contributed by atoms with Crippen molar-refractivity contribution in [2.24, 2.45) is 0 Å². The van der Waals surface area contributed by atoms with E-state index in [-0.39, 0.29) is 34.3 Å². The van der Waals surface area contributed by atoms with Crippen molar-refractivity contribution in [3.05, 3.63) is 83.2 Å². The normalized spacial score (nSPS) is 16.5. The number of fused-ring (bicyclic) bond motifs is 1. The first-order valence-corrected chi connectivity index (χ1v) is 16.7. The van der Waals surface area contributed by atoms with E-state index in [4.69, 9.17) is 4.42 Å². The predicted molar refractivity (Wildman–Crippen MR) is 160 cm³/mol. The molecule has 0 unspecified atom stereocenters. The van der Waals surface area contributed by atoms with E-state index in [1.165, 1.54) is 42.7 Å². The van der Waals surface area contributed by atoms with Crippen LogP contribution in [0.25, 0.3) is 22.3 Å². The highest BCUT2D eigenvalue weighted by molar-refractivity contribution is 7.92. The molecule has 12 heteroatoms. The van der Waals surface area contributed by atoms with E-state index in [0.717, 1.165) is 16.1 Å². The number of hydrogen-bond donors (Lipinski definition) is 1. The lowest BCUT2D eigenvalue weighted by molar-refractivity contribution is 0.0964. The Balaban J connectivity index is 1.68. The summed E-state index contributed by atoms with van der Waals surface area (Å²) in [5, 5.41) is 3.06. The highest BCUT2D eigenvalue weighted by atomic mass is 32.2. The van der Waals surface area contributed by atoms with Gasteiger partial charge in [0.1, 0.15) is 17.2 Å². The maximum Gasteiger partial charge on any atom is 0.255 e. The average Bonchev–Trinajstić information content (AvgIpc) is 3.34. The zero-order valence-electron chi connectivity index (χ0n) is 23.7. The molecule has 5 rings (SSSR count). The third kappa shape index (κ3) is 5.53. The van der Waals surface area contributed by atoms with Crippen LogP contribution in [0, 0.1) is 12.7 Å². The predicted octanol–water partition coefficient (Wildman–Crippen LogP) is 4.87. The van der Waals surface area contributed by atoms with E-state index in [1.54, 1.807) is 36.4 Å². The van der Waals surface area contributed by atoms with Crippen LogP contribution in [0.1, 0.15) is 40.2 Å². The number of furan rings is 1. The van der Waals surface area contributed by atoms with Crippen molar-refractivity contribution >= 4 is 42.6 Å². The topological polar surface area (TPSA) is 117 Å². The lowest BCUT2D eigenvalue weighted by Gasteiger charge is -2.34. The zero-order valence-corrected chi connectivity index (χ0v) is 25.4. The van der Waals surface area contributed by atoms with Gasteiger partial charge in [0.2, 0.25) is 20.0 Å². The Kier molecular flexibility index (Phi) is 7.90. The Labute approximate surface area is 245 Å². The van der Waals surface area contributed by atoms with E-state index in [2.05, 4.69) is 5.32 Å². The van der Waals surface area contributed by atoms with E-state index in [0.29, 0.717) is 41.6 Å². The molecule has 1 atom stereocenters. The molecule has 1 fully saturated rings. The average molecular weight is 614 g/mol. The molecule has 1 aliphatic rings. The molecule has 2 heterocycles. The highest BCUT2D eigenvalue weighted by Crippen LogP contribution is 2.42. The number of halogens is 1. The van der Waals surface area contributed by atoms with Crippen LogP contribution in [0.3, 0.4) is 0 Å². The van der Waals surface area contributed by atoms with Gasteiger partial charge in [-0.1, -0.05) is 17.7 Å². The minimum Gasteiger partial charge on any atom is -0.455 e. The minimum absolute atomic E-state index is 0.129. The smallest absolute Gasteiger partial charge is 0.255 e. The quantitative estimate of drug-likeness (QED) is 0.318. The van der Waals surface area contributed by atoms with Crippen LogP contribution in [0.5, 0.6) is 0 Å². The molecule has 3 aromatic carbocycles. The van der Waals surface area contributed by atoms with Crippen LogP contribution in [0.2, 0.25) is 0 Å². The molecule has 4 aromatic rings. The molecule has 9 nitrogen and oxygen atoms in total. The maximum atomic E-state index is 13.7. The van der Waals surface area contributed by atoms with Gasteiger partial charge < -0.3 is 9.73 Å². The molecule has 1 aliphatic heterocycles. The molecule has 1 saturated heterocycles. The van der Waals surface area contributed by atoms with E-state index in [9.17, 15) is 26.0 Å². The van der Waals surface area contributed by atoms with Crippen LogP contribution in [-0.4, -0.2) is 60.5 Å². The van der Waals surface area contributed by atoms with Crippen molar-refractivity contribution in [3.8, 4) is 11.3 Å². The van der Waals surface area contributed by atoms with Crippen molar-refractivity contribution in [1.82, 2.24) is 9.62 Å². The first-order valence-electron chi connectivity index (χ1n) is 13.4. The number of amides is 1. The van der Waals surface area contributed by atoms with Crippen molar-refractivity contribution < 1.29 is 30.4 Å². The second-order valence-corrected chi connectivity index (χ2v) is 14.5. The van der Waals surface area contributed by atoms with E-state index >= 15 is 0 Å². The van der Waals surface area contributed by atoms with Crippen LogP contribution in [-0.2, 0) is 20.0 Å². The molecule has 1 aromatic heterocycles. The van der Waals surface area contributed by atoms with Gasteiger partial charge in [0.15, 0.2) is 0 Å². The summed E-state index contributed by atoms with van der Waals surface area (Å²) in [4.78, 5) is 13.3. The summed E-state index contributed by atoms with van der Waals surface area (Å²) in [5.41, 5.74) is 2.80. The number of nitrogens with zero attached hydrogens (tertiary/aromatic N) is 2. The van der Waals surface area contributed by atoms with Gasteiger partial charge >= 0.3 is 0 Å². The largest absolute Gasteiger partial charge is 0.455 e. The number of hydrogen-bond acceptors (Lipinski definition) is 6. The van der Waals surface area contributed by atoms with Gasteiger partial charge in [-0.3, -0.25) is 9.10 Å². The number of nitrogens with one attached hydrogen (secondary N) is 1. The third-order valence-electron chi connectivity index (χ3n) is 7.72. The van der Waals surface area contributed by atoms with Gasteiger partial charge in [-0.2, -0.15) is 4.31 Å². The molecule has 0 aliphatic carbocycles. The van der Waals surface area contributed by atoms with Gasteiger partial charge in [-0.15, -0.1) is 0 Å². The minimum atomic E-state index is -3.80. The van der Waals surface area contributed by atoms with Crippen LogP contribution in [0.15, 0.2) is 70.0 Å². The number of anilines is 1. The van der Waals surface area contributed by atoms with Crippen molar-refractivity contribution in [3.63, 3.8) is 0 Å². The fourth-order valence-corrected chi connectivity index (χ4v) is 7.40. The second-order valence-electron chi connectivity index (χ2n) is 10.5. The van der Waals surface area contributed by atoms with Gasteiger partial charge in [0, 0.05) is 44.2 Å². The maximum absolute atomic E-state index is 13.7. The van der Waals surface area contributed by atoms with Gasteiger partial charge in [-0.05, 0) is 73.7 Å². The molecule has 0 bridgehead atoms. The first-order chi connectivity index (χ1) is 19.8. The van der Waals surface area contributed by atoms with E-state index in [1.807, 2.05) is 6.92 Å². The number of sulfonamides is 2. The number of carbonyl (C=O) groups excluding carboxylic acids is 1. The molecule has 222 valence electrons. The lowest BCUT2D eigenvalue weighted by atomic mass is 9.89. The standard InChI is InChI=1S/C30H32FN3O6S2/c1-19-7-13-23(14-8-19)42(38,39)34-15-5-6-21(18-34)24-16-25-27(17-26(24)33(3)41(4,36)37)40-29(28(25)30(35)32-2)20-9-11-22(31)12-10-20/h7-14,16-17,21H,5-6,15,18H2,1-4H3,(H,32,35)/t21-/m1/s1. The number of piperidine rings is 1. The summed E-state index contributed by atoms with van der Waals surface area (Å²) in [6.07, 6.45) is 2.25. The van der Waals surface area contributed by atoms with Gasteiger partial charge in [0.25, 0.3) is 5.91 Å². The lowest BCUT2D eigenvalue weighted by Crippen LogP contribution is -2.39. The van der Waals surface area contributed by atoms with Crippen molar-refractivity contribution in [1.29, 1.82) is 0 Å². The van der Waals surface area contributed by atoms with E-state index < -0.39 is 31.8 Å². The van der Waals surface area contributed by atoms with Crippen LogP contribution < -0.4 is 9.62 Å². The summed E-state index contributed by atoms with van der Waals surface area (Å²) >= 11 is 0. The molecular formula is C30H32FN3O6S2. The second kappa shape index (κ2) is 11.2. The molecule has 1 N–H and O–H groups in total. The van der Waals surface area contributed by atoms with Crippen molar-refractivity contribution in [2.45, 2.75) is 30.6 Å². The van der Waals surface area contributed by atoms with Crippen LogP contribution >= 0.6 is 0 Å². The fourth-order valence-electron chi connectivity index (χ4n) is 5.36. The Morgan fingerprint density at radius 2 is 1.71 bits per heavy atom. The monoisotopic (exact) mass is 613 g/mol.